The number of hydrogen-bond donors (Lipinski definition) is 1. The lowest BCUT2D eigenvalue weighted by molar-refractivity contribution is 0.303. The van der Waals surface area contributed by atoms with Gasteiger partial charge >= 0.3 is 0 Å². The summed E-state index contributed by atoms with van der Waals surface area (Å²) in [6.07, 6.45) is 4.16. The van der Waals surface area contributed by atoms with Crippen molar-refractivity contribution in [2.24, 2.45) is 5.73 Å². The fourth-order valence-corrected chi connectivity index (χ4v) is 2.17. The van der Waals surface area contributed by atoms with Crippen LogP contribution in [-0.4, -0.2) is 12.6 Å². The highest BCUT2D eigenvalue weighted by molar-refractivity contribution is 9.10. The van der Waals surface area contributed by atoms with Gasteiger partial charge in [-0.05, 0) is 49.4 Å². The first-order valence-electron chi connectivity index (χ1n) is 6.71. The molecule has 0 fully saturated rings. The van der Waals surface area contributed by atoms with Gasteiger partial charge < -0.3 is 10.5 Å². The number of unbranched alkanes of at least 4 members (excludes halogenated alkanes) is 2. The molecule has 0 bridgehead atoms. The summed E-state index contributed by atoms with van der Waals surface area (Å²) in [6.45, 7) is 2.74. The lowest BCUT2D eigenvalue weighted by Gasteiger charge is -2.14. The van der Waals surface area contributed by atoms with E-state index in [2.05, 4.69) is 35.0 Å². The SMILES string of the molecule is CCC(N)Cc1cc(Br)ccc1OCCCCC#N. The lowest BCUT2D eigenvalue weighted by Crippen LogP contribution is -2.21. The number of nitrogens with zero attached hydrogens (tertiary/aromatic N) is 1. The first-order valence-corrected chi connectivity index (χ1v) is 7.50. The van der Waals surface area contributed by atoms with E-state index in [0.717, 1.165) is 41.5 Å². The van der Waals surface area contributed by atoms with Crippen molar-refractivity contribution in [3.05, 3.63) is 28.2 Å². The molecule has 104 valence electrons. The average Bonchev–Trinajstić information content (AvgIpc) is 2.40. The Morgan fingerprint density at radius 3 is 2.89 bits per heavy atom. The van der Waals surface area contributed by atoms with Crippen LogP contribution in [0, 0.1) is 11.3 Å². The molecule has 1 aromatic rings. The molecule has 19 heavy (non-hydrogen) atoms. The molecular formula is C15H21BrN2O. The van der Waals surface area contributed by atoms with E-state index < -0.39 is 0 Å². The minimum absolute atomic E-state index is 0.162. The molecular weight excluding hydrogens is 304 g/mol. The van der Waals surface area contributed by atoms with Gasteiger partial charge in [-0.15, -0.1) is 0 Å². The van der Waals surface area contributed by atoms with Crippen LogP contribution in [0.1, 0.15) is 38.2 Å². The maximum absolute atomic E-state index is 8.47. The van der Waals surface area contributed by atoms with Crippen LogP contribution in [0.4, 0.5) is 0 Å². The number of hydrogen-bond acceptors (Lipinski definition) is 3. The topological polar surface area (TPSA) is 59.0 Å². The van der Waals surface area contributed by atoms with Crippen LogP contribution >= 0.6 is 15.9 Å². The van der Waals surface area contributed by atoms with Crippen molar-refractivity contribution in [1.29, 1.82) is 5.26 Å². The van der Waals surface area contributed by atoms with Crippen LogP contribution in [-0.2, 0) is 6.42 Å². The van der Waals surface area contributed by atoms with Gasteiger partial charge in [0.2, 0.25) is 0 Å². The summed E-state index contributed by atoms with van der Waals surface area (Å²) in [7, 11) is 0. The number of ether oxygens (including phenoxy) is 1. The van der Waals surface area contributed by atoms with Crippen LogP contribution in [0.2, 0.25) is 0 Å². The van der Waals surface area contributed by atoms with Gasteiger partial charge in [0.1, 0.15) is 5.75 Å². The van der Waals surface area contributed by atoms with E-state index in [1.165, 1.54) is 0 Å². The van der Waals surface area contributed by atoms with Crippen molar-refractivity contribution in [3.63, 3.8) is 0 Å². The molecule has 1 rings (SSSR count). The summed E-state index contributed by atoms with van der Waals surface area (Å²) in [4.78, 5) is 0. The first kappa shape index (κ1) is 16.0. The standard InChI is InChI=1S/C15H21BrN2O/c1-2-14(18)11-12-10-13(16)6-7-15(12)19-9-5-3-4-8-17/h6-7,10,14H,2-5,9,11,18H2,1H3. The van der Waals surface area contributed by atoms with Gasteiger partial charge in [-0.3, -0.25) is 0 Å². The molecule has 0 radical (unpaired) electrons. The highest BCUT2D eigenvalue weighted by Crippen LogP contribution is 2.25. The zero-order chi connectivity index (χ0) is 14.1. The fraction of sp³-hybridized carbons (Fsp3) is 0.533. The van der Waals surface area contributed by atoms with E-state index in [4.69, 9.17) is 15.7 Å². The molecule has 0 spiro atoms. The Labute approximate surface area is 123 Å². The molecule has 0 aliphatic heterocycles. The third kappa shape index (κ3) is 6.09. The van der Waals surface area contributed by atoms with Gasteiger partial charge in [0.25, 0.3) is 0 Å². The van der Waals surface area contributed by atoms with Crippen molar-refractivity contribution in [2.45, 2.75) is 45.1 Å². The average molecular weight is 325 g/mol. The van der Waals surface area contributed by atoms with Gasteiger partial charge in [-0.2, -0.15) is 5.26 Å². The second kappa shape index (κ2) is 8.95. The smallest absolute Gasteiger partial charge is 0.122 e. The molecule has 4 heteroatoms. The maximum atomic E-state index is 8.47. The number of benzene rings is 1. The van der Waals surface area contributed by atoms with E-state index in [0.29, 0.717) is 13.0 Å². The second-order valence-electron chi connectivity index (χ2n) is 4.59. The Kier molecular flexibility index (Phi) is 7.54. The van der Waals surface area contributed by atoms with E-state index in [1.807, 2.05) is 12.1 Å². The highest BCUT2D eigenvalue weighted by Gasteiger charge is 2.08. The zero-order valence-electron chi connectivity index (χ0n) is 11.4. The molecule has 1 aromatic carbocycles. The minimum atomic E-state index is 0.162. The van der Waals surface area contributed by atoms with Crippen molar-refractivity contribution in [1.82, 2.24) is 0 Å². The van der Waals surface area contributed by atoms with Gasteiger partial charge in [-0.25, -0.2) is 0 Å². The predicted molar refractivity (Wildman–Crippen MR) is 81.1 cm³/mol. The molecule has 0 amide bonds. The van der Waals surface area contributed by atoms with E-state index >= 15 is 0 Å². The lowest BCUT2D eigenvalue weighted by atomic mass is 10.0. The molecule has 0 saturated carbocycles. The fourth-order valence-electron chi connectivity index (χ4n) is 1.76. The largest absolute Gasteiger partial charge is 0.493 e. The highest BCUT2D eigenvalue weighted by atomic mass is 79.9. The third-order valence-corrected chi connectivity index (χ3v) is 3.46. The van der Waals surface area contributed by atoms with Crippen molar-refractivity contribution >= 4 is 15.9 Å². The number of nitriles is 1. The van der Waals surface area contributed by atoms with Crippen LogP contribution < -0.4 is 10.5 Å². The summed E-state index contributed by atoms with van der Waals surface area (Å²) in [6, 6.07) is 8.33. The van der Waals surface area contributed by atoms with Gasteiger partial charge in [-0.1, -0.05) is 22.9 Å². The quantitative estimate of drug-likeness (QED) is 0.740. The Balaban J connectivity index is 2.58. The molecule has 0 saturated heterocycles. The summed E-state index contributed by atoms with van der Waals surface area (Å²) >= 11 is 3.48. The third-order valence-electron chi connectivity index (χ3n) is 2.97. The van der Waals surface area contributed by atoms with E-state index in [1.54, 1.807) is 0 Å². The summed E-state index contributed by atoms with van der Waals surface area (Å²) < 4.78 is 6.84. The van der Waals surface area contributed by atoms with E-state index in [9.17, 15) is 0 Å². The molecule has 1 unspecified atom stereocenters. The zero-order valence-corrected chi connectivity index (χ0v) is 12.9. The van der Waals surface area contributed by atoms with Crippen molar-refractivity contribution in [2.75, 3.05) is 6.61 Å². The second-order valence-corrected chi connectivity index (χ2v) is 5.50. The summed E-state index contributed by atoms with van der Waals surface area (Å²) in [5.41, 5.74) is 7.15. The van der Waals surface area contributed by atoms with Crippen LogP contribution in [0.25, 0.3) is 0 Å². The molecule has 3 nitrogen and oxygen atoms in total. The Morgan fingerprint density at radius 1 is 1.42 bits per heavy atom. The van der Waals surface area contributed by atoms with Gasteiger partial charge in [0.15, 0.2) is 0 Å². The van der Waals surface area contributed by atoms with Crippen LogP contribution in [0.15, 0.2) is 22.7 Å². The minimum Gasteiger partial charge on any atom is -0.493 e. The molecule has 0 heterocycles. The number of halogens is 1. The van der Waals surface area contributed by atoms with Crippen LogP contribution in [0.3, 0.4) is 0 Å². The Hall–Kier alpha value is -1.05. The Morgan fingerprint density at radius 2 is 2.21 bits per heavy atom. The van der Waals surface area contributed by atoms with Crippen molar-refractivity contribution in [3.8, 4) is 11.8 Å². The number of rotatable bonds is 8. The van der Waals surface area contributed by atoms with Crippen LogP contribution in [0.5, 0.6) is 5.75 Å². The number of nitrogens with two attached hydrogens (primary N) is 1. The monoisotopic (exact) mass is 324 g/mol. The normalized spacial score (nSPS) is 11.9. The Bertz CT molecular complexity index is 429. The maximum Gasteiger partial charge on any atom is 0.122 e. The predicted octanol–water partition coefficient (Wildman–Crippen LogP) is 3.80. The molecule has 0 aliphatic carbocycles. The molecule has 2 N–H and O–H groups in total. The van der Waals surface area contributed by atoms with Gasteiger partial charge in [0, 0.05) is 16.9 Å². The summed E-state index contributed by atoms with van der Waals surface area (Å²) in [5.74, 6) is 0.907. The first-order chi connectivity index (χ1) is 9.17. The molecule has 0 aliphatic rings. The molecule has 1 atom stereocenters. The summed E-state index contributed by atoms with van der Waals surface area (Å²) in [5, 5.41) is 8.47. The van der Waals surface area contributed by atoms with E-state index in [-0.39, 0.29) is 6.04 Å². The van der Waals surface area contributed by atoms with Gasteiger partial charge in [0.05, 0.1) is 12.7 Å². The molecule has 0 aromatic heterocycles. The van der Waals surface area contributed by atoms with Crippen molar-refractivity contribution < 1.29 is 4.74 Å².